The number of hydrogen-bond donors (Lipinski definition) is 1. The van der Waals surface area contributed by atoms with Crippen LogP contribution >= 0.6 is 0 Å². The van der Waals surface area contributed by atoms with Crippen LogP contribution in [0.15, 0.2) is 47.6 Å². The van der Waals surface area contributed by atoms with Crippen LogP contribution in [0.25, 0.3) is 0 Å². The summed E-state index contributed by atoms with van der Waals surface area (Å²) >= 11 is 0. The Morgan fingerprint density at radius 3 is 2.34 bits per heavy atom. The molecule has 0 radical (unpaired) electrons. The van der Waals surface area contributed by atoms with Crippen LogP contribution in [0.2, 0.25) is 0 Å². The van der Waals surface area contributed by atoms with Gasteiger partial charge in [0.2, 0.25) is 0 Å². The van der Waals surface area contributed by atoms with Crippen molar-refractivity contribution in [3.63, 3.8) is 0 Å². The molecule has 6 nitrogen and oxygen atoms in total. The third-order valence-electron chi connectivity index (χ3n) is 4.51. The fourth-order valence-electron chi connectivity index (χ4n) is 2.78. The van der Waals surface area contributed by atoms with Crippen LogP contribution in [0.3, 0.4) is 0 Å². The van der Waals surface area contributed by atoms with Crippen LogP contribution in [0.5, 0.6) is 17.2 Å². The molecule has 0 saturated carbocycles. The molecule has 0 aliphatic heterocycles. The maximum Gasteiger partial charge on any atom is 0.271 e. The SMILES string of the molecule is CCCCCCOc1ccc(C(=O)NN=C(C)c2ccc(OC)cc2OC)cc1. The molecule has 156 valence electrons. The van der Waals surface area contributed by atoms with E-state index < -0.39 is 0 Å². The molecule has 0 aliphatic rings. The van der Waals surface area contributed by atoms with E-state index in [1.54, 1.807) is 51.5 Å². The lowest BCUT2D eigenvalue weighted by Gasteiger charge is -2.10. The standard InChI is InChI=1S/C23H30N2O4/c1-5-6-7-8-15-29-19-11-9-18(10-12-19)23(26)25-24-17(2)21-14-13-20(27-3)16-22(21)28-4/h9-14,16H,5-8,15H2,1-4H3,(H,25,26). The van der Waals surface area contributed by atoms with Crippen molar-refractivity contribution >= 4 is 11.6 Å². The first-order chi connectivity index (χ1) is 14.1. The van der Waals surface area contributed by atoms with Crippen molar-refractivity contribution in [2.75, 3.05) is 20.8 Å². The zero-order chi connectivity index (χ0) is 21.1. The normalized spacial score (nSPS) is 11.1. The molecule has 29 heavy (non-hydrogen) atoms. The molecule has 0 spiro atoms. The summed E-state index contributed by atoms with van der Waals surface area (Å²) in [5, 5.41) is 4.20. The molecule has 0 heterocycles. The van der Waals surface area contributed by atoms with Crippen molar-refractivity contribution in [3.05, 3.63) is 53.6 Å². The van der Waals surface area contributed by atoms with Gasteiger partial charge < -0.3 is 14.2 Å². The molecule has 0 bridgehead atoms. The lowest BCUT2D eigenvalue weighted by molar-refractivity contribution is 0.0955. The Labute approximate surface area is 172 Å². The van der Waals surface area contributed by atoms with Gasteiger partial charge in [0.25, 0.3) is 5.91 Å². The molecule has 0 atom stereocenters. The van der Waals surface area contributed by atoms with E-state index in [1.807, 2.05) is 12.1 Å². The summed E-state index contributed by atoms with van der Waals surface area (Å²) < 4.78 is 16.3. The Bertz CT molecular complexity index is 816. The van der Waals surface area contributed by atoms with Crippen molar-refractivity contribution in [1.29, 1.82) is 0 Å². The molecule has 0 saturated heterocycles. The van der Waals surface area contributed by atoms with Crippen molar-refractivity contribution in [3.8, 4) is 17.2 Å². The van der Waals surface area contributed by atoms with Crippen LogP contribution in [-0.2, 0) is 0 Å². The van der Waals surface area contributed by atoms with E-state index in [1.165, 1.54) is 19.3 Å². The van der Waals surface area contributed by atoms with Gasteiger partial charge in [-0.15, -0.1) is 0 Å². The Hall–Kier alpha value is -3.02. The number of ether oxygens (including phenoxy) is 3. The number of hydrazone groups is 1. The highest BCUT2D eigenvalue weighted by atomic mass is 16.5. The van der Waals surface area contributed by atoms with Gasteiger partial charge in [0.1, 0.15) is 17.2 Å². The first-order valence-electron chi connectivity index (χ1n) is 9.89. The van der Waals surface area contributed by atoms with Crippen LogP contribution in [-0.4, -0.2) is 32.4 Å². The fraction of sp³-hybridized carbons (Fsp3) is 0.391. The van der Waals surface area contributed by atoms with E-state index in [0.717, 1.165) is 17.7 Å². The molecular formula is C23H30N2O4. The van der Waals surface area contributed by atoms with E-state index in [9.17, 15) is 4.79 Å². The van der Waals surface area contributed by atoms with Gasteiger partial charge in [0, 0.05) is 17.2 Å². The zero-order valence-electron chi connectivity index (χ0n) is 17.7. The number of hydrogen-bond acceptors (Lipinski definition) is 5. The number of rotatable bonds is 11. The Morgan fingerprint density at radius 1 is 0.966 bits per heavy atom. The molecule has 0 unspecified atom stereocenters. The average molecular weight is 399 g/mol. The van der Waals surface area contributed by atoms with Gasteiger partial charge in [-0.25, -0.2) is 5.43 Å². The van der Waals surface area contributed by atoms with Crippen molar-refractivity contribution < 1.29 is 19.0 Å². The summed E-state index contributed by atoms with van der Waals surface area (Å²) in [6.07, 6.45) is 4.65. The molecule has 2 aromatic carbocycles. The summed E-state index contributed by atoms with van der Waals surface area (Å²) in [5.74, 6) is 1.79. The summed E-state index contributed by atoms with van der Waals surface area (Å²) in [5.41, 5.74) is 4.51. The maximum atomic E-state index is 12.4. The van der Waals surface area contributed by atoms with Gasteiger partial charge in [0.05, 0.1) is 26.5 Å². The van der Waals surface area contributed by atoms with Gasteiger partial charge in [-0.3, -0.25) is 4.79 Å². The average Bonchev–Trinajstić information content (AvgIpc) is 2.77. The van der Waals surface area contributed by atoms with Crippen LogP contribution in [0.1, 0.15) is 55.5 Å². The van der Waals surface area contributed by atoms with Crippen molar-refractivity contribution in [1.82, 2.24) is 5.43 Å². The molecule has 1 N–H and O–H groups in total. The number of carbonyl (C=O) groups is 1. The zero-order valence-corrected chi connectivity index (χ0v) is 17.7. The summed E-state index contributed by atoms with van der Waals surface area (Å²) in [4.78, 5) is 12.4. The monoisotopic (exact) mass is 398 g/mol. The number of carbonyl (C=O) groups excluding carboxylic acids is 1. The van der Waals surface area contributed by atoms with Crippen molar-refractivity contribution in [2.24, 2.45) is 5.10 Å². The highest BCUT2D eigenvalue weighted by Crippen LogP contribution is 2.25. The minimum Gasteiger partial charge on any atom is -0.497 e. The third-order valence-corrected chi connectivity index (χ3v) is 4.51. The number of amides is 1. The maximum absolute atomic E-state index is 12.4. The fourth-order valence-corrected chi connectivity index (χ4v) is 2.78. The van der Waals surface area contributed by atoms with Crippen LogP contribution in [0, 0.1) is 0 Å². The Morgan fingerprint density at radius 2 is 1.69 bits per heavy atom. The van der Waals surface area contributed by atoms with Gasteiger partial charge in [-0.05, 0) is 49.7 Å². The number of nitrogens with zero attached hydrogens (tertiary/aromatic N) is 1. The molecule has 2 rings (SSSR count). The molecule has 2 aromatic rings. The largest absolute Gasteiger partial charge is 0.497 e. The molecule has 0 aromatic heterocycles. The van der Waals surface area contributed by atoms with E-state index in [0.29, 0.717) is 29.4 Å². The predicted molar refractivity (Wildman–Crippen MR) is 115 cm³/mol. The highest BCUT2D eigenvalue weighted by molar-refractivity contribution is 6.02. The Balaban J connectivity index is 1.94. The Kier molecular flexibility index (Phi) is 9.02. The van der Waals surface area contributed by atoms with E-state index in [4.69, 9.17) is 14.2 Å². The molecule has 0 aliphatic carbocycles. The molecular weight excluding hydrogens is 368 g/mol. The second-order valence-electron chi connectivity index (χ2n) is 6.64. The number of unbranched alkanes of at least 4 members (excludes halogenated alkanes) is 3. The summed E-state index contributed by atoms with van der Waals surface area (Å²) in [7, 11) is 3.18. The van der Waals surface area contributed by atoms with Gasteiger partial charge in [-0.1, -0.05) is 26.2 Å². The smallest absolute Gasteiger partial charge is 0.271 e. The van der Waals surface area contributed by atoms with E-state index >= 15 is 0 Å². The predicted octanol–water partition coefficient (Wildman–Crippen LogP) is 4.82. The molecule has 6 heteroatoms. The lowest BCUT2D eigenvalue weighted by atomic mass is 10.1. The number of nitrogens with one attached hydrogen (secondary N) is 1. The minimum atomic E-state index is -0.286. The second-order valence-corrected chi connectivity index (χ2v) is 6.64. The minimum absolute atomic E-state index is 0.286. The quantitative estimate of drug-likeness (QED) is 0.335. The topological polar surface area (TPSA) is 69.2 Å². The van der Waals surface area contributed by atoms with Crippen LogP contribution < -0.4 is 19.6 Å². The number of methoxy groups -OCH3 is 2. The van der Waals surface area contributed by atoms with E-state index in [2.05, 4.69) is 17.5 Å². The van der Waals surface area contributed by atoms with Gasteiger partial charge in [-0.2, -0.15) is 5.10 Å². The van der Waals surface area contributed by atoms with E-state index in [-0.39, 0.29) is 5.91 Å². The van der Waals surface area contributed by atoms with Gasteiger partial charge in [0.15, 0.2) is 0 Å². The number of benzene rings is 2. The third kappa shape index (κ3) is 6.82. The second kappa shape index (κ2) is 11.7. The van der Waals surface area contributed by atoms with Crippen LogP contribution in [0.4, 0.5) is 0 Å². The first kappa shape index (κ1) is 22.3. The first-order valence-corrected chi connectivity index (χ1v) is 9.89. The van der Waals surface area contributed by atoms with Crippen molar-refractivity contribution in [2.45, 2.75) is 39.5 Å². The van der Waals surface area contributed by atoms with Gasteiger partial charge >= 0.3 is 0 Å². The molecule has 0 fully saturated rings. The molecule has 1 amide bonds. The summed E-state index contributed by atoms with van der Waals surface area (Å²) in [6.45, 7) is 4.68. The highest BCUT2D eigenvalue weighted by Gasteiger charge is 2.10. The lowest BCUT2D eigenvalue weighted by Crippen LogP contribution is -2.19. The summed E-state index contributed by atoms with van der Waals surface area (Å²) in [6, 6.07) is 12.5.